The van der Waals surface area contributed by atoms with Crippen LogP contribution in [0.3, 0.4) is 0 Å². The fourth-order valence-corrected chi connectivity index (χ4v) is 1.42. The van der Waals surface area contributed by atoms with E-state index in [-0.39, 0.29) is 5.69 Å². The van der Waals surface area contributed by atoms with Crippen molar-refractivity contribution in [3.05, 3.63) is 28.0 Å². The van der Waals surface area contributed by atoms with Crippen molar-refractivity contribution in [3.8, 4) is 0 Å². The minimum absolute atomic E-state index is 0.0711. The van der Waals surface area contributed by atoms with Gasteiger partial charge in [-0.3, -0.25) is 4.79 Å². The fourth-order valence-electron chi connectivity index (χ4n) is 1.20. The molecule has 1 aromatic heterocycles. The second-order valence-corrected chi connectivity index (χ2v) is 4.69. The molecule has 6 heteroatoms. The lowest BCUT2D eigenvalue weighted by Gasteiger charge is -2.14. The smallest absolute Gasteiger partial charge is 0.292 e. The zero-order chi connectivity index (χ0) is 13.2. The van der Waals surface area contributed by atoms with Crippen LogP contribution in [0.2, 0.25) is 0 Å². The third-order valence-electron chi connectivity index (χ3n) is 2.36. The summed E-state index contributed by atoms with van der Waals surface area (Å²) in [6.45, 7) is 2.66. The van der Waals surface area contributed by atoms with Crippen molar-refractivity contribution in [1.29, 1.82) is 0 Å². The van der Waals surface area contributed by atoms with Crippen molar-refractivity contribution >= 4 is 21.7 Å². The van der Waals surface area contributed by atoms with E-state index in [1.54, 1.807) is 13.0 Å². The summed E-state index contributed by atoms with van der Waals surface area (Å²) in [4.78, 5) is 15.5. The molecule has 1 aromatic rings. The van der Waals surface area contributed by atoms with E-state index in [1.165, 1.54) is 6.07 Å². The van der Waals surface area contributed by atoms with Gasteiger partial charge in [0, 0.05) is 10.9 Å². The highest BCUT2D eigenvalue weighted by molar-refractivity contribution is 9.10. The molecule has 0 spiro atoms. The number of carbonyl (C=O) groups excluding carboxylic acids is 1. The summed E-state index contributed by atoms with van der Waals surface area (Å²) >= 11 is 3.21. The van der Waals surface area contributed by atoms with Crippen LogP contribution in [0.15, 0.2) is 16.6 Å². The number of carbonyl (C=O) groups is 1. The molecule has 0 bridgehead atoms. The number of Topliss-reactive ketones (excluding diaryl/α,β-unsaturated/α-hetero) is 1. The molecule has 0 fully saturated rings. The quantitative estimate of drug-likeness (QED) is 0.792. The van der Waals surface area contributed by atoms with E-state index in [0.29, 0.717) is 5.69 Å². The Hall–Kier alpha value is -0.910. The summed E-state index contributed by atoms with van der Waals surface area (Å²) in [7, 11) is 0. The maximum Gasteiger partial charge on any atom is 0.391 e. The molecule has 0 radical (unpaired) electrons. The highest BCUT2D eigenvalue weighted by Crippen LogP contribution is 2.29. The van der Waals surface area contributed by atoms with E-state index in [4.69, 9.17) is 0 Å². The number of aromatic nitrogens is 1. The normalized spacial score (nSPS) is 13.5. The number of hydrogen-bond donors (Lipinski definition) is 0. The second kappa shape index (κ2) is 5.16. The lowest BCUT2D eigenvalue weighted by Crippen LogP contribution is -2.23. The number of pyridine rings is 1. The van der Waals surface area contributed by atoms with Crippen LogP contribution in [-0.2, 0) is 0 Å². The highest BCUT2D eigenvalue weighted by Gasteiger charge is 2.37. The van der Waals surface area contributed by atoms with E-state index < -0.39 is 24.3 Å². The molecular weight excluding hydrogens is 299 g/mol. The van der Waals surface area contributed by atoms with Gasteiger partial charge in [-0.1, -0.05) is 6.92 Å². The molecular formula is C11H11BrF3NO. The van der Waals surface area contributed by atoms with Gasteiger partial charge < -0.3 is 0 Å². The van der Waals surface area contributed by atoms with Gasteiger partial charge in [0.1, 0.15) is 5.69 Å². The molecule has 0 N–H and O–H groups in total. The van der Waals surface area contributed by atoms with Crippen molar-refractivity contribution in [2.45, 2.75) is 26.4 Å². The van der Waals surface area contributed by atoms with Crippen molar-refractivity contribution in [1.82, 2.24) is 4.98 Å². The number of alkyl halides is 3. The van der Waals surface area contributed by atoms with Crippen LogP contribution < -0.4 is 0 Å². The number of nitrogens with zero attached hydrogens (tertiary/aromatic N) is 1. The van der Waals surface area contributed by atoms with Gasteiger partial charge in [0.25, 0.3) is 0 Å². The maximum atomic E-state index is 12.3. The third kappa shape index (κ3) is 3.80. The van der Waals surface area contributed by atoms with Crippen molar-refractivity contribution in [3.63, 3.8) is 0 Å². The zero-order valence-corrected chi connectivity index (χ0v) is 10.9. The summed E-state index contributed by atoms with van der Waals surface area (Å²) in [6, 6.07) is 3.02. The Balaban J connectivity index is 2.80. The first-order chi connectivity index (χ1) is 7.71. The summed E-state index contributed by atoms with van der Waals surface area (Å²) < 4.78 is 37.6. The van der Waals surface area contributed by atoms with Gasteiger partial charge in [-0.2, -0.15) is 13.2 Å². The Morgan fingerprint density at radius 3 is 2.53 bits per heavy atom. The van der Waals surface area contributed by atoms with E-state index in [2.05, 4.69) is 20.9 Å². The van der Waals surface area contributed by atoms with E-state index in [0.717, 1.165) is 11.4 Å². The van der Waals surface area contributed by atoms with Crippen LogP contribution >= 0.6 is 15.9 Å². The number of ketones is 1. The van der Waals surface area contributed by atoms with Crippen molar-refractivity contribution < 1.29 is 18.0 Å². The predicted octanol–water partition coefficient (Wildman–Crippen LogP) is 3.92. The third-order valence-corrected chi connectivity index (χ3v) is 3.20. The summed E-state index contributed by atoms with van der Waals surface area (Å²) in [6.07, 6.45) is -4.92. The molecule has 0 aromatic carbocycles. The van der Waals surface area contributed by atoms with Gasteiger partial charge in [0.2, 0.25) is 0 Å². The first kappa shape index (κ1) is 14.2. The van der Waals surface area contributed by atoms with Gasteiger partial charge in [0.05, 0.1) is 11.6 Å². The molecule has 2 nitrogen and oxygen atoms in total. The number of aryl methyl sites for hydroxylation is 1. The lowest BCUT2D eigenvalue weighted by molar-refractivity contribution is -0.168. The molecule has 0 saturated heterocycles. The molecule has 1 atom stereocenters. The van der Waals surface area contributed by atoms with Gasteiger partial charge in [0.15, 0.2) is 5.78 Å². The second-order valence-electron chi connectivity index (χ2n) is 3.83. The monoisotopic (exact) mass is 309 g/mol. The Morgan fingerprint density at radius 2 is 2.06 bits per heavy atom. The molecule has 0 aliphatic rings. The van der Waals surface area contributed by atoms with Gasteiger partial charge in [-0.25, -0.2) is 4.98 Å². The number of hydrogen-bond acceptors (Lipinski definition) is 2. The minimum Gasteiger partial charge on any atom is -0.292 e. The summed E-state index contributed by atoms with van der Waals surface area (Å²) in [5.74, 6) is -2.24. The lowest BCUT2D eigenvalue weighted by atomic mass is 10.0. The summed E-state index contributed by atoms with van der Waals surface area (Å²) in [5.41, 5.74) is 0.650. The highest BCUT2D eigenvalue weighted by atomic mass is 79.9. The molecule has 17 heavy (non-hydrogen) atoms. The molecule has 0 aliphatic heterocycles. The maximum absolute atomic E-state index is 12.3. The van der Waals surface area contributed by atoms with E-state index >= 15 is 0 Å². The van der Waals surface area contributed by atoms with E-state index in [1.807, 2.05) is 0 Å². The first-order valence-corrected chi connectivity index (χ1v) is 5.74. The van der Waals surface area contributed by atoms with Crippen molar-refractivity contribution in [2.75, 3.05) is 0 Å². The molecule has 0 amide bonds. The Kier molecular flexibility index (Phi) is 4.30. The van der Waals surface area contributed by atoms with Crippen LogP contribution in [-0.4, -0.2) is 16.9 Å². The number of rotatable bonds is 3. The molecule has 1 heterocycles. The van der Waals surface area contributed by atoms with Crippen LogP contribution in [0.4, 0.5) is 13.2 Å². The molecule has 1 unspecified atom stereocenters. The topological polar surface area (TPSA) is 30.0 Å². The standard InChI is InChI=1S/C11H11BrF3NO/c1-6(11(13,14)15)5-10(17)9-4-3-8(12)7(2)16-9/h3-4,6H,5H2,1-2H3. The Morgan fingerprint density at radius 1 is 1.47 bits per heavy atom. The number of halogens is 4. The van der Waals surface area contributed by atoms with Gasteiger partial charge in [-0.15, -0.1) is 0 Å². The Bertz CT molecular complexity index is 431. The largest absolute Gasteiger partial charge is 0.391 e. The minimum atomic E-state index is -4.35. The van der Waals surface area contributed by atoms with Gasteiger partial charge >= 0.3 is 6.18 Å². The van der Waals surface area contributed by atoms with Crippen LogP contribution in [0.1, 0.15) is 29.5 Å². The molecule has 94 valence electrons. The fraction of sp³-hybridized carbons (Fsp3) is 0.455. The van der Waals surface area contributed by atoms with Crippen LogP contribution in [0.5, 0.6) is 0 Å². The molecule has 0 aliphatic carbocycles. The van der Waals surface area contributed by atoms with Crippen molar-refractivity contribution in [2.24, 2.45) is 5.92 Å². The molecule has 1 rings (SSSR count). The first-order valence-electron chi connectivity index (χ1n) is 4.95. The Labute approximate surface area is 105 Å². The van der Waals surface area contributed by atoms with Gasteiger partial charge in [-0.05, 0) is 35.0 Å². The SMILES string of the molecule is Cc1nc(C(=O)CC(C)C(F)(F)F)ccc1Br. The van der Waals surface area contributed by atoms with Crippen LogP contribution in [0, 0.1) is 12.8 Å². The molecule has 0 saturated carbocycles. The summed E-state index contributed by atoms with van der Waals surface area (Å²) in [5, 5.41) is 0. The zero-order valence-electron chi connectivity index (χ0n) is 9.31. The van der Waals surface area contributed by atoms with E-state index in [9.17, 15) is 18.0 Å². The van der Waals surface area contributed by atoms with Crippen LogP contribution in [0.25, 0.3) is 0 Å². The average molecular weight is 310 g/mol. The average Bonchev–Trinajstić information content (AvgIpc) is 2.20. The predicted molar refractivity (Wildman–Crippen MR) is 60.8 cm³/mol.